The molecule has 6 rings (SSSR count). The molecule has 0 radical (unpaired) electrons. The van der Waals surface area contributed by atoms with Crippen molar-refractivity contribution in [2.24, 2.45) is 5.10 Å². The van der Waals surface area contributed by atoms with Crippen molar-refractivity contribution in [3.8, 4) is 23.1 Å². The van der Waals surface area contributed by atoms with Gasteiger partial charge in [0.05, 0.1) is 28.7 Å². The van der Waals surface area contributed by atoms with Gasteiger partial charge in [0.25, 0.3) is 5.56 Å². The Kier molecular flexibility index (Phi) is 8.02. The molecule has 2 aromatic heterocycles. The number of hydrogen-bond donors (Lipinski definition) is 0. The van der Waals surface area contributed by atoms with Gasteiger partial charge in [-0.1, -0.05) is 63.4 Å². The van der Waals surface area contributed by atoms with Crippen molar-refractivity contribution < 1.29 is 13.9 Å². The van der Waals surface area contributed by atoms with Crippen LogP contribution in [0.5, 0.6) is 11.5 Å². The fourth-order valence-electron chi connectivity index (χ4n) is 4.44. The number of nitrogens with zero attached hydrogens (tertiary/aromatic N) is 3. The maximum atomic E-state index is 13.6. The highest BCUT2D eigenvalue weighted by atomic mass is 79.9. The number of fused-ring (bicyclic) bond motifs is 2. The van der Waals surface area contributed by atoms with Gasteiger partial charge in [-0.25, -0.2) is 4.98 Å². The molecular weight excluding hydrogens is 641 g/mol. The highest BCUT2D eigenvalue weighted by Gasteiger charge is 2.17. The summed E-state index contributed by atoms with van der Waals surface area (Å²) in [5.41, 5.74) is 2.36. The van der Waals surface area contributed by atoms with Crippen molar-refractivity contribution in [1.82, 2.24) is 9.66 Å². The van der Waals surface area contributed by atoms with Crippen LogP contribution in [0, 0.1) is 0 Å². The molecule has 0 aliphatic carbocycles. The molecule has 0 saturated heterocycles. The lowest BCUT2D eigenvalue weighted by molar-refractivity contribution is 0.269. The Morgan fingerprint density at radius 3 is 2.62 bits per heavy atom. The van der Waals surface area contributed by atoms with Crippen molar-refractivity contribution in [3.05, 3.63) is 121 Å². The molecule has 0 unspecified atom stereocenters. The van der Waals surface area contributed by atoms with Gasteiger partial charge in [-0.05, 0) is 78.7 Å². The Labute approximate surface area is 259 Å². The van der Waals surface area contributed by atoms with E-state index in [9.17, 15) is 4.79 Å². The molecule has 6 aromatic rings. The van der Waals surface area contributed by atoms with Gasteiger partial charge in [-0.15, -0.1) is 0 Å². The van der Waals surface area contributed by atoms with Crippen LogP contribution >= 0.6 is 39.1 Å². The summed E-state index contributed by atoms with van der Waals surface area (Å²) in [7, 11) is 0. The fraction of sp³-hybridized carbons (Fsp3) is 0.0938. The smallest absolute Gasteiger partial charge is 0.282 e. The highest BCUT2D eigenvalue weighted by molar-refractivity contribution is 9.10. The molecule has 210 valence electrons. The van der Waals surface area contributed by atoms with E-state index in [2.05, 4.69) is 21.0 Å². The second-order valence-corrected chi connectivity index (χ2v) is 11.0. The molecule has 0 spiro atoms. The van der Waals surface area contributed by atoms with E-state index in [1.54, 1.807) is 54.6 Å². The van der Waals surface area contributed by atoms with Crippen LogP contribution in [0.15, 0.2) is 104 Å². The molecule has 0 aliphatic rings. The minimum atomic E-state index is -0.351. The summed E-state index contributed by atoms with van der Waals surface area (Å²) in [5, 5.41) is 6.65. The molecule has 2 heterocycles. The van der Waals surface area contributed by atoms with Gasteiger partial charge in [0.15, 0.2) is 17.3 Å². The quantitative estimate of drug-likeness (QED) is 0.152. The molecule has 0 N–H and O–H groups in total. The number of ether oxygens (including phenoxy) is 2. The molecule has 0 atom stereocenters. The monoisotopic (exact) mass is 661 g/mol. The van der Waals surface area contributed by atoms with Crippen LogP contribution in [-0.4, -0.2) is 22.5 Å². The van der Waals surface area contributed by atoms with Gasteiger partial charge < -0.3 is 13.9 Å². The molecule has 0 saturated carbocycles. The first kappa shape index (κ1) is 28.0. The Balaban J connectivity index is 1.40. The van der Waals surface area contributed by atoms with E-state index in [4.69, 9.17) is 42.1 Å². The second-order valence-electron chi connectivity index (χ2n) is 9.29. The maximum Gasteiger partial charge on any atom is 0.282 e. The first-order chi connectivity index (χ1) is 20.4. The summed E-state index contributed by atoms with van der Waals surface area (Å²) in [6.07, 6.45) is 1.52. The minimum absolute atomic E-state index is 0.243. The van der Waals surface area contributed by atoms with Crippen LogP contribution in [0.3, 0.4) is 0 Å². The zero-order valence-corrected chi connectivity index (χ0v) is 25.3. The van der Waals surface area contributed by atoms with E-state index < -0.39 is 0 Å². The Morgan fingerprint density at radius 2 is 1.81 bits per heavy atom. The lowest BCUT2D eigenvalue weighted by Gasteiger charge is -2.14. The summed E-state index contributed by atoms with van der Waals surface area (Å²) in [6, 6.07) is 25.4. The average molecular weight is 663 g/mol. The third-order valence-corrected chi connectivity index (χ3v) is 7.45. The molecule has 4 aromatic carbocycles. The Bertz CT molecular complexity index is 2020. The molecule has 42 heavy (non-hydrogen) atoms. The number of furan rings is 1. The molecule has 0 bridgehead atoms. The van der Waals surface area contributed by atoms with E-state index in [0.717, 1.165) is 15.4 Å². The van der Waals surface area contributed by atoms with E-state index >= 15 is 0 Å². The number of benzene rings is 4. The zero-order valence-electron chi connectivity index (χ0n) is 22.2. The molecular formula is C32H22BrCl2N3O4. The van der Waals surface area contributed by atoms with Crippen LogP contribution in [0.4, 0.5) is 0 Å². The molecule has 0 amide bonds. The van der Waals surface area contributed by atoms with Crippen molar-refractivity contribution in [1.29, 1.82) is 0 Å². The third kappa shape index (κ3) is 5.79. The summed E-state index contributed by atoms with van der Waals surface area (Å²) < 4.78 is 20.1. The highest BCUT2D eigenvalue weighted by Crippen LogP contribution is 2.37. The van der Waals surface area contributed by atoms with E-state index in [1.807, 2.05) is 37.3 Å². The maximum absolute atomic E-state index is 13.6. The van der Waals surface area contributed by atoms with Gasteiger partial charge in [0.2, 0.25) is 5.82 Å². The number of para-hydroxylation sites is 1. The zero-order chi connectivity index (χ0) is 29.2. The van der Waals surface area contributed by atoms with Crippen LogP contribution in [0.25, 0.3) is 33.5 Å². The Morgan fingerprint density at radius 1 is 1.00 bits per heavy atom. The fourth-order valence-corrected chi connectivity index (χ4v) is 5.16. The van der Waals surface area contributed by atoms with Gasteiger partial charge in [0, 0.05) is 14.9 Å². The standard InChI is InChI=1S/C32H22BrCl2N3O4/c1-2-40-28-14-20(13-25(35)30(28)41-18-19-7-9-22(33)10-8-19)17-36-38-31(37-26-6-4-3-5-24(26)32(38)39)29-16-21-15-23(34)11-12-27(21)42-29/h3-17H,2,18H2,1H3. The summed E-state index contributed by atoms with van der Waals surface area (Å²) >= 11 is 16.3. The molecule has 0 aliphatic heterocycles. The largest absolute Gasteiger partial charge is 0.490 e. The minimum Gasteiger partial charge on any atom is -0.490 e. The number of hydrogen-bond acceptors (Lipinski definition) is 6. The third-order valence-electron chi connectivity index (χ3n) is 6.40. The SMILES string of the molecule is CCOc1cc(C=Nn2c(-c3cc4cc(Cl)ccc4o3)nc3ccccc3c2=O)cc(Cl)c1OCc1ccc(Br)cc1. The first-order valence-electron chi connectivity index (χ1n) is 13.0. The number of halogens is 3. The van der Waals surface area contributed by atoms with Gasteiger partial charge in [-0.3, -0.25) is 4.79 Å². The van der Waals surface area contributed by atoms with Crippen molar-refractivity contribution in [3.63, 3.8) is 0 Å². The van der Waals surface area contributed by atoms with Crippen molar-refractivity contribution >= 4 is 67.2 Å². The van der Waals surface area contributed by atoms with Crippen molar-refractivity contribution in [2.45, 2.75) is 13.5 Å². The molecule has 0 fully saturated rings. The number of rotatable bonds is 8. The van der Waals surface area contributed by atoms with E-state index in [0.29, 0.717) is 62.6 Å². The number of aromatic nitrogens is 2. The summed E-state index contributed by atoms with van der Waals surface area (Å²) in [6.45, 7) is 2.59. The first-order valence-corrected chi connectivity index (χ1v) is 14.5. The van der Waals surface area contributed by atoms with Gasteiger partial charge >= 0.3 is 0 Å². The second kappa shape index (κ2) is 12.0. The van der Waals surface area contributed by atoms with Gasteiger partial charge in [0.1, 0.15) is 12.2 Å². The van der Waals surface area contributed by atoms with Gasteiger partial charge in [-0.2, -0.15) is 9.78 Å². The summed E-state index contributed by atoms with van der Waals surface area (Å²) in [4.78, 5) is 18.3. The predicted molar refractivity (Wildman–Crippen MR) is 170 cm³/mol. The Hall–Kier alpha value is -4.11. The van der Waals surface area contributed by atoms with Crippen LogP contribution in [0.2, 0.25) is 10.0 Å². The predicted octanol–water partition coefficient (Wildman–Crippen LogP) is 8.74. The molecule has 7 nitrogen and oxygen atoms in total. The average Bonchev–Trinajstić information content (AvgIpc) is 3.40. The van der Waals surface area contributed by atoms with E-state index in [1.165, 1.54) is 10.9 Å². The lowest BCUT2D eigenvalue weighted by atomic mass is 10.2. The van der Waals surface area contributed by atoms with Crippen LogP contribution in [-0.2, 0) is 6.61 Å². The molecule has 10 heteroatoms. The van der Waals surface area contributed by atoms with Crippen LogP contribution < -0.4 is 15.0 Å². The normalized spacial score (nSPS) is 11.5. The summed E-state index contributed by atoms with van der Waals surface area (Å²) in [5.74, 6) is 1.50. The lowest BCUT2D eigenvalue weighted by Crippen LogP contribution is -2.20. The van der Waals surface area contributed by atoms with E-state index in [-0.39, 0.29) is 11.4 Å². The van der Waals surface area contributed by atoms with Crippen LogP contribution in [0.1, 0.15) is 18.1 Å². The van der Waals surface area contributed by atoms with Crippen molar-refractivity contribution in [2.75, 3.05) is 6.61 Å². The topological polar surface area (TPSA) is 78.9 Å².